The van der Waals surface area contributed by atoms with E-state index in [1.54, 1.807) is 20.8 Å². The van der Waals surface area contributed by atoms with Gasteiger partial charge in [0.1, 0.15) is 24.4 Å². The highest BCUT2D eigenvalue weighted by Gasteiger charge is 2.53. The molecule has 16 nitrogen and oxygen atoms in total. The number of hydrogen-bond donors (Lipinski definition) is 1. The minimum absolute atomic E-state index is 0.109. The maximum absolute atomic E-state index is 12.5. The van der Waals surface area contributed by atoms with Gasteiger partial charge >= 0.3 is 41.9 Å². The molecule has 1 aliphatic heterocycles. The number of hydrogen-bond acceptors (Lipinski definition) is 15. The molecule has 0 aromatic carbocycles. The average molecular weight is 620 g/mol. The molecule has 6 atom stereocenters. The summed E-state index contributed by atoms with van der Waals surface area (Å²) in [6, 6.07) is -1.00. The third-order valence-electron chi connectivity index (χ3n) is 5.49. The molecule has 1 rings (SSSR count). The molecule has 16 heteroatoms. The predicted octanol–water partition coefficient (Wildman–Crippen LogP) is 1.24. The number of carbonyl (C=O) groups is 7. The molecule has 0 aromatic heterocycles. The number of rotatable bonds is 13. The molecule has 3 unspecified atom stereocenters. The number of unbranched alkanes of at least 4 members (excludes halogenated alkanes) is 1. The van der Waals surface area contributed by atoms with E-state index in [1.165, 1.54) is 7.11 Å². The van der Waals surface area contributed by atoms with Crippen LogP contribution in [-0.2, 0) is 66.7 Å². The first-order valence-corrected chi connectivity index (χ1v) is 13.5. The lowest BCUT2D eigenvalue weighted by Gasteiger charge is -2.43. The second-order valence-electron chi connectivity index (χ2n) is 10.5. The van der Waals surface area contributed by atoms with Crippen molar-refractivity contribution in [3.05, 3.63) is 0 Å². The van der Waals surface area contributed by atoms with Crippen LogP contribution >= 0.6 is 0 Å². The lowest BCUT2D eigenvalue weighted by atomic mass is 9.98. The van der Waals surface area contributed by atoms with Crippen molar-refractivity contribution in [1.82, 2.24) is 5.32 Å². The highest BCUT2D eigenvalue weighted by atomic mass is 16.7. The molecule has 0 aliphatic carbocycles. The molecule has 1 aliphatic rings. The van der Waals surface area contributed by atoms with Crippen LogP contribution in [0.3, 0.4) is 0 Å². The summed E-state index contributed by atoms with van der Waals surface area (Å²) in [5.74, 6) is -4.67. The number of nitrogens with one attached hydrogen (secondary N) is 1. The molecule has 1 saturated heterocycles. The van der Waals surface area contributed by atoms with E-state index in [2.05, 4.69) is 5.32 Å². The Kier molecular flexibility index (Phi) is 14.9. The second kappa shape index (κ2) is 17.2. The van der Waals surface area contributed by atoms with Gasteiger partial charge in [-0.25, -0.2) is 9.59 Å². The molecule has 0 bridgehead atoms. The lowest BCUT2D eigenvalue weighted by Crippen LogP contribution is -2.63. The molecule has 1 heterocycles. The molecular formula is C27H41NO15. The van der Waals surface area contributed by atoms with Crippen LogP contribution in [0.15, 0.2) is 0 Å². The molecule has 1 N–H and O–H groups in total. The Bertz CT molecular complexity index is 1020. The Morgan fingerprint density at radius 2 is 1.30 bits per heavy atom. The number of ether oxygens (including phenoxy) is 8. The highest BCUT2D eigenvalue weighted by molar-refractivity contribution is 5.81. The highest BCUT2D eigenvalue weighted by Crippen LogP contribution is 2.30. The first-order chi connectivity index (χ1) is 19.9. The fourth-order valence-electron chi connectivity index (χ4n) is 3.95. The number of carbonyl (C=O) groups excluding carboxylic acids is 7. The maximum atomic E-state index is 12.5. The largest absolute Gasteiger partial charge is 0.467 e. The maximum Gasteiger partial charge on any atom is 0.408 e. The zero-order chi connectivity index (χ0) is 32.9. The van der Waals surface area contributed by atoms with Crippen LogP contribution in [0.4, 0.5) is 4.79 Å². The van der Waals surface area contributed by atoms with Gasteiger partial charge in [-0.05, 0) is 33.6 Å². The standard InChI is InChI=1S/C27H41NO15/c1-14(29)38-21-19(42-25(41-17(4)32)23(40-16(3)31)22(21)39-15(2)30)13-37-20(33)12-10-9-11-18(24(34)36-8)28-26(35)43-27(5,6)7/h18-19,21-23,25H,9-13H2,1-8H3,(H,28,35)/t18-,19?,21+,22?,23?,25+/m0/s1. The van der Waals surface area contributed by atoms with E-state index in [0.29, 0.717) is 6.42 Å². The lowest BCUT2D eigenvalue weighted by molar-refractivity contribution is -0.300. The van der Waals surface area contributed by atoms with Crippen LogP contribution < -0.4 is 5.32 Å². The van der Waals surface area contributed by atoms with Crippen LogP contribution in [0.1, 0.15) is 74.1 Å². The van der Waals surface area contributed by atoms with Gasteiger partial charge in [0.15, 0.2) is 12.2 Å². The van der Waals surface area contributed by atoms with Crippen molar-refractivity contribution in [3.63, 3.8) is 0 Å². The normalized spacial score (nSPS) is 22.2. The first kappa shape index (κ1) is 37.1. The summed E-state index contributed by atoms with van der Waals surface area (Å²) < 4.78 is 41.7. The Hall–Kier alpha value is -3.95. The third kappa shape index (κ3) is 14.2. The van der Waals surface area contributed by atoms with Crippen molar-refractivity contribution in [2.45, 2.75) is 116 Å². The monoisotopic (exact) mass is 619 g/mol. The van der Waals surface area contributed by atoms with Gasteiger partial charge in [-0.3, -0.25) is 24.0 Å². The fraction of sp³-hybridized carbons (Fsp3) is 0.741. The Morgan fingerprint density at radius 3 is 1.81 bits per heavy atom. The number of esters is 6. The van der Waals surface area contributed by atoms with Crippen molar-refractivity contribution in [3.8, 4) is 0 Å². The third-order valence-corrected chi connectivity index (χ3v) is 5.49. The van der Waals surface area contributed by atoms with E-state index in [9.17, 15) is 33.6 Å². The minimum atomic E-state index is -1.59. The molecule has 0 aromatic rings. The summed E-state index contributed by atoms with van der Waals surface area (Å²) in [4.78, 5) is 83.8. The van der Waals surface area contributed by atoms with E-state index >= 15 is 0 Å². The summed E-state index contributed by atoms with van der Waals surface area (Å²) in [6.45, 7) is 8.75. The van der Waals surface area contributed by atoms with Crippen molar-refractivity contribution < 1.29 is 71.5 Å². The number of alkyl carbamates (subject to hydrolysis) is 1. The smallest absolute Gasteiger partial charge is 0.408 e. The number of methoxy groups -OCH3 is 1. The summed E-state index contributed by atoms with van der Waals surface area (Å²) in [6.07, 6.45) is -7.47. The molecule has 0 saturated carbocycles. The Balaban J connectivity index is 2.89. The van der Waals surface area contributed by atoms with Crippen molar-refractivity contribution >= 4 is 41.9 Å². The molecule has 1 amide bonds. The summed E-state index contributed by atoms with van der Waals surface area (Å²) in [7, 11) is 1.17. The van der Waals surface area contributed by atoms with Gasteiger partial charge in [-0.1, -0.05) is 6.42 Å². The Morgan fingerprint density at radius 1 is 0.767 bits per heavy atom. The van der Waals surface area contributed by atoms with E-state index in [1.807, 2.05) is 0 Å². The van der Waals surface area contributed by atoms with E-state index in [4.69, 9.17) is 37.9 Å². The topological polar surface area (TPSA) is 205 Å². The fourth-order valence-corrected chi connectivity index (χ4v) is 3.95. The SMILES string of the molecule is COC(=O)[C@H](CCCCC(=O)OCC1O[C@@H](OC(C)=O)C(OC(C)=O)C(OC(C)=O)[C@@H]1OC(C)=O)NC(=O)OC(C)(C)C. The number of amides is 1. The van der Waals surface area contributed by atoms with Crippen LogP contribution in [0.5, 0.6) is 0 Å². The van der Waals surface area contributed by atoms with E-state index in [-0.39, 0.29) is 19.3 Å². The summed E-state index contributed by atoms with van der Waals surface area (Å²) >= 11 is 0. The average Bonchev–Trinajstić information content (AvgIpc) is 2.85. The van der Waals surface area contributed by atoms with Crippen molar-refractivity contribution in [1.29, 1.82) is 0 Å². The van der Waals surface area contributed by atoms with Crippen molar-refractivity contribution in [2.24, 2.45) is 0 Å². The van der Waals surface area contributed by atoms with Crippen LogP contribution in [-0.4, -0.2) is 98.0 Å². The zero-order valence-corrected chi connectivity index (χ0v) is 25.6. The molecule has 0 radical (unpaired) electrons. The molecule has 1 fully saturated rings. The van der Waals surface area contributed by atoms with Crippen molar-refractivity contribution in [2.75, 3.05) is 13.7 Å². The quantitative estimate of drug-likeness (QED) is 0.175. The van der Waals surface area contributed by atoms with Gasteiger partial charge in [0, 0.05) is 34.1 Å². The second-order valence-corrected chi connectivity index (χ2v) is 10.5. The van der Waals surface area contributed by atoms with Gasteiger partial charge in [-0.2, -0.15) is 0 Å². The molecule has 0 spiro atoms. The van der Waals surface area contributed by atoms with Gasteiger partial charge in [0.05, 0.1) is 7.11 Å². The van der Waals surface area contributed by atoms with E-state index in [0.717, 1.165) is 27.7 Å². The first-order valence-electron chi connectivity index (χ1n) is 13.5. The van der Waals surface area contributed by atoms with Crippen LogP contribution in [0.25, 0.3) is 0 Å². The van der Waals surface area contributed by atoms with Gasteiger partial charge in [0.2, 0.25) is 12.4 Å². The zero-order valence-electron chi connectivity index (χ0n) is 25.6. The van der Waals surface area contributed by atoms with Gasteiger partial charge in [0.25, 0.3) is 0 Å². The van der Waals surface area contributed by atoms with Gasteiger partial charge < -0.3 is 43.2 Å². The molecule has 244 valence electrons. The summed E-state index contributed by atoms with van der Waals surface area (Å²) in [5.41, 5.74) is -0.775. The predicted molar refractivity (Wildman–Crippen MR) is 142 cm³/mol. The van der Waals surface area contributed by atoms with Gasteiger partial charge in [-0.15, -0.1) is 0 Å². The molecular weight excluding hydrogens is 578 g/mol. The molecule has 43 heavy (non-hydrogen) atoms. The summed E-state index contributed by atoms with van der Waals surface area (Å²) in [5, 5.41) is 2.44. The van der Waals surface area contributed by atoms with Crippen LogP contribution in [0.2, 0.25) is 0 Å². The Labute approximate surface area is 249 Å². The van der Waals surface area contributed by atoms with E-state index < -0.39 is 90.9 Å². The van der Waals surface area contributed by atoms with Crippen LogP contribution in [0, 0.1) is 0 Å². The minimum Gasteiger partial charge on any atom is -0.467 e.